The Hall–Kier alpha value is -1.51. The fraction of sp³-hybridized carbons (Fsp3) is 0.562. The molecule has 1 aliphatic rings. The molecule has 3 nitrogen and oxygen atoms in total. The fourth-order valence-corrected chi connectivity index (χ4v) is 2.57. The van der Waals surface area contributed by atoms with E-state index in [1.807, 2.05) is 31.2 Å². The zero-order chi connectivity index (χ0) is 13.7. The molecule has 0 aromatic heterocycles. The summed E-state index contributed by atoms with van der Waals surface area (Å²) in [5.74, 6) is 0.664. The summed E-state index contributed by atoms with van der Waals surface area (Å²) >= 11 is 0. The van der Waals surface area contributed by atoms with E-state index in [-0.39, 0.29) is 18.0 Å². The van der Waals surface area contributed by atoms with Crippen molar-refractivity contribution in [2.75, 3.05) is 6.61 Å². The predicted molar refractivity (Wildman–Crippen MR) is 74.4 cm³/mol. The first kappa shape index (κ1) is 13.9. The highest BCUT2D eigenvalue weighted by atomic mass is 16.5. The zero-order valence-corrected chi connectivity index (χ0v) is 11.7. The maximum atomic E-state index is 12.0. The van der Waals surface area contributed by atoms with E-state index in [0.29, 0.717) is 6.61 Å². The third kappa shape index (κ3) is 3.49. The fourth-order valence-electron chi connectivity index (χ4n) is 2.57. The average molecular weight is 262 g/mol. The number of carbonyl (C=O) groups is 1. The number of cyclic esters (lactones) is 1. The molecule has 0 bridgehead atoms. The third-order valence-corrected chi connectivity index (χ3v) is 3.55. The number of esters is 1. The Kier molecular flexibility index (Phi) is 4.83. The van der Waals surface area contributed by atoms with Crippen LogP contribution in [0.2, 0.25) is 0 Å². The van der Waals surface area contributed by atoms with E-state index in [9.17, 15) is 4.79 Å². The first-order valence-electron chi connectivity index (χ1n) is 7.17. The van der Waals surface area contributed by atoms with Crippen molar-refractivity contribution in [1.29, 1.82) is 0 Å². The molecule has 1 aromatic rings. The standard InChI is InChI=1S/C16H22O3/c1-3-5-14-10-11-15(16(17)19-14)12-6-8-13(9-7-12)18-4-2/h6-9,14-15H,3-5,10-11H2,1-2H3. The largest absolute Gasteiger partial charge is 0.494 e. The number of hydrogen-bond donors (Lipinski definition) is 0. The lowest BCUT2D eigenvalue weighted by Gasteiger charge is -2.28. The number of hydrogen-bond acceptors (Lipinski definition) is 3. The van der Waals surface area contributed by atoms with Crippen molar-refractivity contribution in [1.82, 2.24) is 0 Å². The Balaban J connectivity index is 2.00. The van der Waals surface area contributed by atoms with Gasteiger partial charge in [-0.15, -0.1) is 0 Å². The predicted octanol–water partition coefficient (Wildman–Crippen LogP) is 3.67. The minimum atomic E-state index is -0.108. The highest BCUT2D eigenvalue weighted by Gasteiger charge is 2.30. The van der Waals surface area contributed by atoms with E-state index in [2.05, 4.69) is 6.92 Å². The Morgan fingerprint density at radius 2 is 1.95 bits per heavy atom. The van der Waals surface area contributed by atoms with Crippen LogP contribution < -0.4 is 4.74 Å². The summed E-state index contributed by atoms with van der Waals surface area (Å²) < 4.78 is 10.9. The van der Waals surface area contributed by atoms with Gasteiger partial charge in [-0.2, -0.15) is 0 Å². The van der Waals surface area contributed by atoms with Gasteiger partial charge in [-0.05, 0) is 43.9 Å². The number of ether oxygens (including phenoxy) is 2. The van der Waals surface area contributed by atoms with Gasteiger partial charge in [0.1, 0.15) is 11.9 Å². The lowest BCUT2D eigenvalue weighted by molar-refractivity contribution is -0.156. The zero-order valence-electron chi connectivity index (χ0n) is 11.7. The maximum Gasteiger partial charge on any atom is 0.313 e. The second-order valence-electron chi connectivity index (χ2n) is 4.98. The van der Waals surface area contributed by atoms with Gasteiger partial charge < -0.3 is 9.47 Å². The minimum absolute atomic E-state index is 0.0751. The van der Waals surface area contributed by atoms with Crippen LogP contribution in [0.4, 0.5) is 0 Å². The van der Waals surface area contributed by atoms with Crippen LogP contribution in [-0.4, -0.2) is 18.7 Å². The lowest BCUT2D eigenvalue weighted by atomic mass is 9.90. The molecule has 2 atom stereocenters. The number of benzene rings is 1. The molecule has 104 valence electrons. The molecule has 0 amide bonds. The average Bonchev–Trinajstić information content (AvgIpc) is 2.41. The number of rotatable bonds is 5. The summed E-state index contributed by atoms with van der Waals surface area (Å²) in [6.45, 7) is 4.73. The van der Waals surface area contributed by atoms with Gasteiger partial charge in [0.25, 0.3) is 0 Å². The van der Waals surface area contributed by atoms with Gasteiger partial charge in [-0.3, -0.25) is 4.79 Å². The molecule has 1 heterocycles. The first-order chi connectivity index (χ1) is 9.24. The summed E-state index contributed by atoms with van der Waals surface area (Å²) in [6, 6.07) is 7.78. The summed E-state index contributed by atoms with van der Waals surface area (Å²) in [4.78, 5) is 12.0. The molecular weight excluding hydrogens is 240 g/mol. The highest BCUT2D eigenvalue weighted by molar-refractivity contribution is 5.79. The minimum Gasteiger partial charge on any atom is -0.494 e. The van der Waals surface area contributed by atoms with Gasteiger partial charge in [-0.25, -0.2) is 0 Å². The topological polar surface area (TPSA) is 35.5 Å². The molecule has 0 radical (unpaired) electrons. The van der Waals surface area contributed by atoms with E-state index in [0.717, 1.165) is 37.0 Å². The van der Waals surface area contributed by atoms with Crippen molar-refractivity contribution in [3.05, 3.63) is 29.8 Å². The van der Waals surface area contributed by atoms with Crippen molar-refractivity contribution in [2.24, 2.45) is 0 Å². The van der Waals surface area contributed by atoms with Crippen molar-refractivity contribution in [3.8, 4) is 5.75 Å². The highest BCUT2D eigenvalue weighted by Crippen LogP contribution is 2.31. The number of carbonyl (C=O) groups excluding carboxylic acids is 1. The van der Waals surface area contributed by atoms with E-state index in [1.54, 1.807) is 0 Å². The molecule has 1 aliphatic heterocycles. The molecule has 0 spiro atoms. The van der Waals surface area contributed by atoms with Crippen molar-refractivity contribution < 1.29 is 14.3 Å². The van der Waals surface area contributed by atoms with Crippen LogP contribution >= 0.6 is 0 Å². The van der Waals surface area contributed by atoms with Crippen LogP contribution in [0.15, 0.2) is 24.3 Å². The quantitative estimate of drug-likeness (QED) is 0.759. The van der Waals surface area contributed by atoms with Crippen LogP contribution in [-0.2, 0) is 9.53 Å². The first-order valence-corrected chi connectivity index (χ1v) is 7.17. The molecule has 19 heavy (non-hydrogen) atoms. The van der Waals surface area contributed by atoms with Crippen molar-refractivity contribution >= 4 is 5.97 Å². The molecular formula is C16H22O3. The van der Waals surface area contributed by atoms with Gasteiger partial charge in [0.2, 0.25) is 0 Å². The molecule has 1 saturated heterocycles. The smallest absolute Gasteiger partial charge is 0.313 e. The summed E-state index contributed by atoms with van der Waals surface area (Å²) in [5, 5.41) is 0. The Bertz CT molecular complexity index is 411. The molecule has 2 rings (SSSR count). The molecule has 3 heteroatoms. The summed E-state index contributed by atoms with van der Waals surface area (Å²) in [7, 11) is 0. The SMILES string of the molecule is CCCC1CCC(c2ccc(OCC)cc2)C(=O)O1. The van der Waals surface area contributed by atoms with Gasteiger partial charge in [0.05, 0.1) is 12.5 Å². The Morgan fingerprint density at radius 3 is 2.53 bits per heavy atom. The van der Waals surface area contributed by atoms with E-state index < -0.39 is 0 Å². The molecule has 0 N–H and O–H groups in total. The molecule has 1 aromatic carbocycles. The van der Waals surface area contributed by atoms with Gasteiger partial charge in [0, 0.05) is 0 Å². The second kappa shape index (κ2) is 6.60. The lowest BCUT2D eigenvalue weighted by Crippen LogP contribution is -2.29. The summed E-state index contributed by atoms with van der Waals surface area (Å²) in [6.07, 6.45) is 4.01. The molecule has 2 unspecified atom stereocenters. The van der Waals surface area contributed by atoms with Crippen LogP contribution in [0.1, 0.15) is 51.0 Å². The Labute approximate surface area is 114 Å². The van der Waals surface area contributed by atoms with E-state index in [1.165, 1.54) is 0 Å². The summed E-state index contributed by atoms with van der Waals surface area (Å²) in [5.41, 5.74) is 1.03. The maximum absolute atomic E-state index is 12.0. The molecule has 1 fully saturated rings. The van der Waals surface area contributed by atoms with Gasteiger partial charge in [0.15, 0.2) is 0 Å². The van der Waals surface area contributed by atoms with Crippen molar-refractivity contribution in [2.45, 2.75) is 51.6 Å². The second-order valence-corrected chi connectivity index (χ2v) is 4.98. The molecule has 0 aliphatic carbocycles. The van der Waals surface area contributed by atoms with Gasteiger partial charge >= 0.3 is 5.97 Å². The van der Waals surface area contributed by atoms with Crippen LogP contribution in [0.25, 0.3) is 0 Å². The third-order valence-electron chi connectivity index (χ3n) is 3.55. The van der Waals surface area contributed by atoms with Crippen LogP contribution in [0, 0.1) is 0 Å². The monoisotopic (exact) mass is 262 g/mol. The van der Waals surface area contributed by atoms with Crippen LogP contribution in [0.3, 0.4) is 0 Å². The van der Waals surface area contributed by atoms with E-state index >= 15 is 0 Å². The van der Waals surface area contributed by atoms with Crippen molar-refractivity contribution in [3.63, 3.8) is 0 Å². The van der Waals surface area contributed by atoms with E-state index in [4.69, 9.17) is 9.47 Å². The van der Waals surface area contributed by atoms with Gasteiger partial charge in [-0.1, -0.05) is 25.5 Å². The Morgan fingerprint density at radius 1 is 1.21 bits per heavy atom. The molecule has 0 saturated carbocycles. The normalized spacial score (nSPS) is 22.9. The van der Waals surface area contributed by atoms with Crippen LogP contribution in [0.5, 0.6) is 5.75 Å².